The molecule has 112 valence electrons. The molecule has 0 saturated heterocycles. The first-order valence-corrected chi connectivity index (χ1v) is 6.41. The maximum absolute atomic E-state index is 12.7. The zero-order valence-corrected chi connectivity index (χ0v) is 11.7. The molecule has 0 aromatic carbocycles. The Hall–Kier alpha value is -2.23. The normalized spacial score (nSPS) is 11.3. The molecule has 0 unspecified atom stereocenters. The molecule has 0 radical (unpaired) electrons. The Balaban J connectivity index is 2.25. The van der Waals surface area contributed by atoms with E-state index in [1.54, 1.807) is 0 Å². The van der Waals surface area contributed by atoms with E-state index in [-0.39, 0.29) is 22.5 Å². The Morgan fingerprint density at radius 2 is 2.05 bits per heavy atom. The van der Waals surface area contributed by atoms with Gasteiger partial charge in [0.05, 0.1) is 7.11 Å². The van der Waals surface area contributed by atoms with Crippen molar-refractivity contribution in [1.82, 2.24) is 15.0 Å². The van der Waals surface area contributed by atoms with Gasteiger partial charge in [-0.25, -0.2) is 19.7 Å². The van der Waals surface area contributed by atoms with E-state index in [0.29, 0.717) is 0 Å². The number of halogens is 3. The quantitative estimate of drug-likeness (QED) is 0.877. The van der Waals surface area contributed by atoms with E-state index in [1.165, 1.54) is 19.4 Å². The first-order valence-electron chi connectivity index (χ1n) is 5.53. The van der Waals surface area contributed by atoms with Crippen LogP contribution in [0.3, 0.4) is 0 Å². The van der Waals surface area contributed by atoms with Crippen LogP contribution in [0.25, 0.3) is 0 Å². The van der Waals surface area contributed by atoms with E-state index in [1.807, 2.05) is 0 Å². The van der Waals surface area contributed by atoms with Crippen LogP contribution in [0.2, 0.25) is 0 Å². The first-order chi connectivity index (χ1) is 9.79. The average Bonchev–Trinajstić information content (AvgIpc) is 2.84. The van der Waals surface area contributed by atoms with E-state index in [0.717, 1.165) is 17.4 Å². The number of aromatic nitrogens is 3. The second-order valence-corrected chi connectivity index (χ2v) is 4.73. The second-order valence-electron chi connectivity index (χ2n) is 3.87. The number of carbonyl (C=O) groups excluding carboxylic acids is 1. The van der Waals surface area contributed by atoms with Crippen LogP contribution in [-0.2, 0) is 10.9 Å². The number of rotatable bonds is 3. The molecule has 0 aliphatic heterocycles. The summed E-state index contributed by atoms with van der Waals surface area (Å²) in [5, 5.41) is 4.13. The Bertz CT molecular complexity index is 672. The first kappa shape index (κ1) is 15.2. The third-order valence-corrected chi connectivity index (χ3v) is 3.02. The predicted octanol–water partition coefficient (Wildman–Crippen LogP) is 2.79. The van der Waals surface area contributed by atoms with Gasteiger partial charge in [-0.1, -0.05) is 0 Å². The van der Waals surface area contributed by atoms with E-state index < -0.39 is 17.8 Å². The molecule has 6 nitrogen and oxygen atoms in total. The van der Waals surface area contributed by atoms with Crippen molar-refractivity contribution in [2.75, 3.05) is 12.4 Å². The summed E-state index contributed by atoms with van der Waals surface area (Å²) in [5.41, 5.74) is -0.847. The molecule has 2 heterocycles. The number of nitrogens with zero attached hydrogens (tertiary/aromatic N) is 3. The fourth-order valence-electron chi connectivity index (χ4n) is 1.39. The third kappa shape index (κ3) is 3.66. The molecular formula is C11H9F3N4O2S. The standard InChI is InChI=1S/C11H9F3N4O2S/c1-5-3-7(11(12,13)14)17-9(15-5)18-10-16-6(4-21-10)8(19)20-2/h3-4H,1-2H3,(H,15,16,17,18). The van der Waals surface area contributed by atoms with Gasteiger partial charge < -0.3 is 10.1 Å². The molecule has 0 aliphatic rings. The highest BCUT2D eigenvalue weighted by Crippen LogP contribution is 2.29. The van der Waals surface area contributed by atoms with Crippen LogP contribution < -0.4 is 5.32 Å². The van der Waals surface area contributed by atoms with Crippen LogP contribution in [-0.4, -0.2) is 28.0 Å². The Morgan fingerprint density at radius 1 is 1.33 bits per heavy atom. The number of hydrogen-bond acceptors (Lipinski definition) is 7. The number of alkyl halides is 3. The van der Waals surface area contributed by atoms with Gasteiger partial charge in [0, 0.05) is 11.1 Å². The molecule has 0 bridgehead atoms. The summed E-state index contributed by atoms with van der Waals surface area (Å²) in [6, 6.07) is 0.840. The van der Waals surface area contributed by atoms with Crippen molar-refractivity contribution in [1.29, 1.82) is 0 Å². The number of thiazole rings is 1. The molecule has 1 N–H and O–H groups in total. The van der Waals surface area contributed by atoms with Crippen LogP contribution in [0, 0.1) is 6.92 Å². The third-order valence-electron chi connectivity index (χ3n) is 2.26. The number of hydrogen-bond donors (Lipinski definition) is 1. The summed E-state index contributed by atoms with van der Waals surface area (Å²) < 4.78 is 42.4. The van der Waals surface area contributed by atoms with Gasteiger partial charge >= 0.3 is 12.1 Å². The summed E-state index contributed by atoms with van der Waals surface area (Å²) in [4.78, 5) is 22.3. The van der Waals surface area contributed by atoms with Crippen molar-refractivity contribution in [2.45, 2.75) is 13.1 Å². The summed E-state index contributed by atoms with van der Waals surface area (Å²) in [6.45, 7) is 1.42. The number of aryl methyl sites for hydroxylation is 1. The molecule has 2 aromatic heterocycles. The molecule has 0 fully saturated rings. The number of ether oxygens (including phenoxy) is 1. The van der Waals surface area contributed by atoms with Gasteiger partial charge in [0.2, 0.25) is 5.95 Å². The van der Waals surface area contributed by atoms with Crippen LogP contribution >= 0.6 is 11.3 Å². The van der Waals surface area contributed by atoms with Gasteiger partial charge in [0.1, 0.15) is 5.69 Å². The van der Waals surface area contributed by atoms with E-state index in [9.17, 15) is 18.0 Å². The van der Waals surface area contributed by atoms with Crippen molar-refractivity contribution in [3.05, 3.63) is 28.5 Å². The van der Waals surface area contributed by atoms with Gasteiger partial charge in [-0.15, -0.1) is 11.3 Å². The fraction of sp³-hybridized carbons (Fsp3) is 0.273. The lowest BCUT2D eigenvalue weighted by atomic mass is 10.3. The SMILES string of the molecule is COC(=O)c1csc(Nc2nc(C)cc(C(F)(F)F)n2)n1. The number of anilines is 2. The molecular weight excluding hydrogens is 309 g/mol. The number of methoxy groups -OCH3 is 1. The second kappa shape index (κ2) is 5.64. The van der Waals surface area contributed by atoms with Crippen LogP contribution in [0.4, 0.5) is 24.3 Å². The minimum Gasteiger partial charge on any atom is -0.464 e. The molecule has 0 saturated carbocycles. The number of esters is 1. The molecule has 10 heteroatoms. The minimum atomic E-state index is -4.57. The highest BCUT2D eigenvalue weighted by molar-refractivity contribution is 7.14. The predicted molar refractivity (Wildman–Crippen MR) is 68.5 cm³/mol. The largest absolute Gasteiger partial charge is 0.464 e. The van der Waals surface area contributed by atoms with Crippen molar-refractivity contribution in [2.24, 2.45) is 0 Å². The molecule has 2 aromatic rings. The zero-order valence-electron chi connectivity index (χ0n) is 10.9. The lowest BCUT2D eigenvalue weighted by Gasteiger charge is -2.08. The molecule has 0 spiro atoms. The lowest BCUT2D eigenvalue weighted by Crippen LogP contribution is -2.11. The van der Waals surface area contributed by atoms with Crippen molar-refractivity contribution >= 4 is 28.4 Å². The average molecular weight is 318 g/mol. The molecule has 0 atom stereocenters. The maximum Gasteiger partial charge on any atom is 0.433 e. The van der Waals surface area contributed by atoms with E-state index in [2.05, 4.69) is 25.0 Å². The van der Waals surface area contributed by atoms with Gasteiger partial charge in [0.25, 0.3) is 0 Å². The summed E-state index contributed by atoms with van der Waals surface area (Å²) >= 11 is 1.02. The number of carbonyl (C=O) groups is 1. The Morgan fingerprint density at radius 3 is 2.67 bits per heavy atom. The highest BCUT2D eigenvalue weighted by atomic mass is 32.1. The molecule has 0 amide bonds. The monoisotopic (exact) mass is 318 g/mol. The smallest absolute Gasteiger partial charge is 0.433 e. The van der Waals surface area contributed by atoms with Gasteiger partial charge in [-0.05, 0) is 13.0 Å². The summed E-state index contributed by atoms with van der Waals surface area (Å²) in [6.07, 6.45) is -4.57. The van der Waals surface area contributed by atoms with Gasteiger partial charge in [0.15, 0.2) is 10.8 Å². The topological polar surface area (TPSA) is 77.0 Å². The van der Waals surface area contributed by atoms with E-state index >= 15 is 0 Å². The van der Waals surface area contributed by atoms with Crippen molar-refractivity contribution < 1.29 is 22.7 Å². The van der Waals surface area contributed by atoms with Crippen LogP contribution in [0.5, 0.6) is 0 Å². The fourth-order valence-corrected chi connectivity index (χ4v) is 2.07. The highest BCUT2D eigenvalue weighted by Gasteiger charge is 2.33. The molecule has 2 rings (SSSR count). The van der Waals surface area contributed by atoms with Crippen molar-refractivity contribution in [3.8, 4) is 0 Å². The Labute approximate surface area is 121 Å². The van der Waals surface area contributed by atoms with E-state index in [4.69, 9.17) is 0 Å². The van der Waals surface area contributed by atoms with Gasteiger partial charge in [-0.3, -0.25) is 0 Å². The molecule has 0 aliphatic carbocycles. The van der Waals surface area contributed by atoms with Crippen molar-refractivity contribution in [3.63, 3.8) is 0 Å². The zero-order chi connectivity index (χ0) is 15.6. The number of nitrogens with one attached hydrogen (secondary N) is 1. The summed E-state index contributed by atoms with van der Waals surface area (Å²) in [7, 11) is 1.20. The molecule has 21 heavy (non-hydrogen) atoms. The lowest BCUT2D eigenvalue weighted by molar-refractivity contribution is -0.141. The summed E-state index contributed by atoms with van der Waals surface area (Å²) in [5.74, 6) is -0.881. The maximum atomic E-state index is 12.7. The Kier molecular flexibility index (Phi) is 4.07. The van der Waals surface area contributed by atoms with Crippen LogP contribution in [0.15, 0.2) is 11.4 Å². The van der Waals surface area contributed by atoms with Crippen LogP contribution in [0.1, 0.15) is 21.9 Å². The van der Waals surface area contributed by atoms with Gasteiger partial charge in [-0.2, -0.15) is 13.2 Å². The minimum absolute atomic E-state index is 0.0497.